The lowest BCUT2D eigenvalue weighted by Gasteiger charge is -2.30. The van der Waals surface area contributed by atoms with Crippen LogP contribution < -0.4 is 10.1 Å². The SMILES string of the molecule is CCC(C)(CCO)NCC(O)COc1ccccc1C#N. The highest BCUT2D eigenvalue weighted by molar-refractivity contribution is 5.42. The number of nitriles is 1. The number of nitrogens with one attached hydrogen (secondary N) is 1. The fraction of sp³-hybridized carbons (Fsp3) is 0.562. The van der Waals surface area contributed by atoms with E-state index in [4.69, 9.17) is 15.1 Å². The van der Waals surface area contributed by atoms with Crippen LogP contribution in [0.4, 0.5) is 0 Å². The summed E-state index contributed by atoms with van der Waals surface area (Å²) in [5, 5.41) is 31.2. The van der Waals surface area contributed by atoms with E-state index in [-0.39, 0.29) is 18.8 Å². The molecule has 0 amide bonds. The van der Waals surface area contributed by atoms with Crippen LogP contribution in [0.2, 0.25) is 0 Å². The van der Waals surface area contributed by atoms with E-state index < -0.39 is 6.10 Å². The van der Waals surface area contributed by atoms with Gasteiger partial charge in [-0.25, -0.2) is 0 Å². The molecule has 0 spiro atoms. The molecule has 0 saturated heterocycles. The average molecular weight is 292 g/mol. The first-order valence-corrected chi connectivity index (χ1v) is 7.20. The molecular formula is C16H24N2O3. The van der Waals surface area contributed by atoms with Crippen LogP contribution in [0, 0.1) is 11.3 Å². The maximum atomic E-state index is 9.97. The van der Waals surface area contributed by atoms with Crippen molar-refractivity contribution in [1.29, 1.82) is 5.26 Å². The Hall–Kier alpha value is -1.61. The van der Waals surface area contributed by atoms with Crippen molar-refractivity contribution in [3.05, 3.63) is 29.8 Å². The summed E-state index contributed by atoms with van der Waals surface area (Å²) in [5.74, 6) is 0.479. The Labute approximate surface area is 126 Å². The molecule has 0 aromatic heterocycles. The molecule has 3 N–H and O–H groups in total. The first kappa shape index (κ1) is 17.4. The Morgan fingerprint density at radius 1 is 1.43 bits per heavy atom. The Balaban J connectivity index is 2.44. The maximum Gasteiger partial charge on any atom is 0.137 e. The quantitative estimate of drug-likeness (QED) is 0.641. The number of rotatable bonds is 9. The molecule has 116 valence electrons. The highest BCUT2D eigenvalue weighted by atomic mass is 16.5. The molecule has 1 aromatic rings. The van der Waals surface area contributed by atoms with Gasteiger partial charge in [-0.05, 0) is 31.9 Å². The van der Waals surface area contributed by atoms with Crippen LogP contribution in [0.25, 0.3) is 0 Å². The fourth-order valence-corrected chi connectivity index (χ4v) is 1.93. The van der Waals surface area contributed by atoms with E-state index in [1.165, 1.54) is 0 Å². The Bertz CT molecular complexity index is 473. The predicted octanol–water partition coefficient (Wildman–Crippen LogP) is 1.44. The van der Waals surface area contributed by atoms with E-state index in [9.17, 15) is 5.11 Å². The molecule has 0 fully saturated rings. The average Bonchev–Trinajstić information content (AvgIpc) is 2.51. The van der Waals surface area contributed by atoms with Crippen molar-refractivity contribution in [3.8, 4) is 11.8 Å². The van der Waals surface area contributed by atoms with Crippen LogP contribution in [0.5, 0.6) is 5.75 Å². The number of ether oxygens (including phenoxy) is 1. The zero-order valence-electron chi connectivity index (χ0n) is 12.7. The van der Waals surface area contributed by atoms with E-state index >= 15 is 0 Å². The summed E-state index contributed by atoms with van der Waals surface area (Å²) in [6.07, 6.45) is 0.813. The number of para-hydroxylation sites is 1. The predicted molar refractivity (Wildman–Crippen MR) is 81.1 cm³/mol. The van der Waals surface area contributed by atoms with E-state index in [2.05, 4.69) is 11.4 Å². The van der Waals surface area contributed by atoms with Crippen molar-refractivity contribution >= 4 is 0 Å². The summed E-state index contributed by atoms with van der Waals surface area (Å²) in [7, 11) is 0. The first-order valence-electron chi connectivity index (χ1n) is 7.20. The number of benzene rings is 1. The van der Waals surface area contributed by atoms with Gasteiger partial charge in [0.15, 0.2) is 0 Å². The van der Waals surface area contributed by atoms with Crippen LogP contribution in [0.1, 0.15) is 32.3 Å². The van der Waals surface area contributed by atoms with Gasteiger partial charge in [0.2, 0.25) is 0 Å². The molecule has 21 heavy (non-hydrogen) atoms. The molecular weight excluding hydrogens is 268 g/mol. The lowest BCUT2D eigenvalue weighted by Crippen LogP contribution is -2.47. The molecule has 0 saturated carbocycles. The van der Waals surface area contributed by atoms with E-state index in [1.807, 2.05) is 13.8 Å². The molecule has 0 aliphatic heterocycles. The van der Waals surface area contributed by atoms with Gasteiger partial charge in [0.25, 0.3) is 0 Å². The molecule has 0 radical (unpaired) electrons. The van der Waals surface area contributed by atoms with Crippen LogP contribution in [0.15, 0.2) is 24.3 Å². The van der Waals surface area contributed by atoms with Gasteiger partial charge in [0.1, 0.15) is 24.5 Å². The van der Waals surface area contributed by atoms with Crippen LogP contribution in [0.3, 0.4) is 0 Å². The zero-order valence-corrected chi connectivity index (χ0v) is 12.7. The number of β-amino-alcohol motifs (C(OH)–C–C–N with tert-alkyl or cyclic N) is 1. The minimum Gasteiger partial charge on any atom is -0.489 e. The van der Waals surface area contributed by atoms with Crippen molar-refractivity contribution in [2.75, 3.05) is 19.8 Å². The van der Waals surface area contributed by atoms with Crippen LogP contribution in [-0.2, 0) is 0 Å². The third-order valence-electron chi connectivity index (χ3n) is 3.65. The van der Waals surface area contributed by atoms with Crippen molar-refractivity contribution in [1.82, 2.24) is 5.32 Å². The van der Waals surface area contributed by atoms with Crippen molar-refractivity contribution in [3.63, 3.8) is 0 Å². The smallest absolute Gasteiger partial charge is 0.137 e. The molecule has 0 aliphatic rings. The number of aliphatic hydroxyl groups is 2. The second-order valence-corrected chi connectivity index (χ2v) is 5.34. The lowest BCUT2D eigenvalue weighted by atomic mass is 9.95. The van der Waals surface area contributed by atoms with Gasteiger partial charge < -0.3 is 20.3 Å². The Kier molecular flexibility index (Phi) is 7.17. The summed E-state index contributed by atoms with van der Waals surface area (Å²) in [6.45, 7) is 4.65. The minimum absolute atomic E-state index is 0.111. The van der Waals surface area contributed by atoms with Crippen molar-refractivity contribution < 1.29 is 14.9 Å². The summed E-state index contributed by atoms with van der Waals surface area (Å²) < 4.78 is 5.49. The third kappa shape index (κ3) is 5.72. The molecule has 1 rings (SSSR count). The van der Waals surface area contributed by atoms with Gasteiger partial charge in [0.05, 0.1) is 5.56 Å². The molecule has 0 aliphatic carbocycles. The molecule has 0 heterocycles. The molecule has 5 heteroatoms. The van der Waals surface area contributed by atoms with E-state index in [1.54, 1.807) is 24.3 Å². The first-order chi connectivity index (χ1) is 10.0. The lowest BCUT2D eigenvalue weighted by molar-refractivity contribution is 0.0933. The zero-order chi connectivity index (χ0) is 15.7. The highest BCUT2D eigenvalue weighted by Crippen LogP contribution is 2.17. The van der Waals surface area contributed by atoms with E-state index in [0.717, 1.165) is 6.42 Å². The maximum absolute atomic E-state index is 9.97. The normalized spacial score (nSPS) is 15.0. The van der Waals surface area contributed by atoms with Gasteiger partial charge in [0, 0.05) is 18.7 Å². The van der Waals surface area contributed by atoms with Gasteiger partial charge in [-0.2, -0.15) is 5.26 Å². The number of hydrogen-bond donors (Lipinski definition) is 3. The Morgan fingerprint density at radius 2 is 2.14 bits per heavy atom. The third-order valence-corrected chi connectivity index (χ3v) is 3.65. The van der Waals surface area contributed by atoms with Gasteiger partial charge >= 0.3 is 0 Å². The standard InChI is InChI=1S/C16H24N2O3/c1-3-16(2,8-9-19)18-11-14(20)12-21-15-7-5-4-6-13(15)10-17/h4-7,14,18-20H,3,8-9,11-12H2,1-2H3. The van der Waals surface area contributed by atoms with Crippen LogP contribution >= 0.6 is 0 Å². The highest BCUT2D eigenvalue weighted by Gasteiger charge is 2.21. The van der Waals surface area contributed by atoms with Crippen molar-refractivity contribution in [2.45, 2.75) is 38.3 Å². The second-order valence-electron chi connectivity index (χ2n) is 5.34. The van der Waals surface area contributed by atoms with Gasteiger partial charge in [-0.3, -0.25) is 0 Å². The van der Waals surface area contributed by atoms with E-state index in [0.29, 0.717) is 24.3 Å². The summed E-state index contributed by atoms with van der Waals surface area (Å²) in [4.78, 5) is 0. The topological polar surface area (TPSA) is 85.5 Å². The monoisotopic (exact) mass is 292 g/mol. The largest absolute Gasteiger partial charge is 0.489 e. The summed E-state index contributed by atoms with van der Waals surface area (Å²) >= 11 is 0. The summed E-state index contributed by atoms with van der Waals surface area (Å²) in [5.41, 5.74) is 0.261. The summed E-state index contributed by atoms with van der Waals surface area (Å²) in [6, 6.07) is 8.99. The second kappa shape index (κ2) is 8.63. The van der Waals surface area contributed by atoms with Crippen LogP contribution in [-0.4, -0.2) is 41.6 Å². The number of nitrogens with zero attached hydrogens (tertiary/aromatic N) is 1. The minimum atomic E-state index is -0.679. The van der Waals surface area contributed by atoms with Gasteiger partial charge in [-0.15, -0.1) is 0 Å². The fourth-order valence-electron chi connectivity index (χ4n) is 1.93. The van der Waals surface area contributed by atoms with Gasteiger partial charge in [-0.1, -0.05) is 19.1 Å². The molecule has 5 nitrogen and oxygen atoms in total. The number of aliphatic hydroxyl groups excluding tert-OH is 2. The molecule has 1 aromatic carbocycles. The Morgan fingerprint density at radius 3 is 2.76 bits per heavy atom. The number of hydrogen-bond acceptors (Lipinski definition) is 5. The molecule has 0 bridgehead atoms. The molecule has 2 atom stereocenters. The van der Waals surface area contributed by atoms with Crippen molar-refractivity contribution in [2.24, 2.45) is 0 Å². The molecule has 2 unspecified atom stereocenters.